The first-order valence-corrected chi connectivity index (χ1v) is 13.1. The second kappa shape index (κ2) is 11.0. The van der Waals surface area contributed by atoms with Crippen LogP contribution in [0, 0.1) is 24.2 Å². The summed E-state index contributed by atoms with van der Waals surface area (Å²) in [6, 6.07) is 0. The van der Waals surface area contributed by atoms with Gasteiger partial charge in [0.15, 0.2) is 0 Å². The Hall–Kier alpha value is -1.61. The van der Waals surface area contributed by atoms with Crippen molar-refractivity contribution >= 4 is 29.2 Å². The Morgan fingerprint density at radius 2 is 1.91 bits per heavy atom. The monoisotopic (exact) mass is 493 g/mol. The number of hydrogen-bond acceptors (Lipinski definition) is 8. The maximum Gasteiger partial charge on any atom is 0.309 e. The van der Waals surface area contributed by atoms with Crippen molar-refractivity contribution < 1.29 is 29.3 Å². The van der Waals surface area contributed by atoms with Crippen LogP contribution in [0.5, 0.6) is 0 Å². The van der Waals surface area contributed by atoms with Gasteiger partial charge in [-0.25, -0.2) is 4.98 Å². The number of fused-ring (bicyclic) bond motifs is 1. The Morgan fingerprint density at radius 3 is 2.56 bits per heavy atom. The highest BCUT2D eigenvalue weighted by Gasteiger charge is 2.44. The van der Waals surface area contributed by atoms with Crippen molar-refractivity contribution in [1.29, 1.82) is 0 Å². The molecule has 34 heavy (non-hydrogen) atoms. The molecule has 8 heteroatoms. The van der Waals surface area contributed by atoms with Crippen molar-refractivity contribution in [3.63, 3.8) is 0 Å². The molecular formula is C26H39NO6S. The minimum Gasteiger partial charge on any atom is -0.458 e. The lowest BCUT2D eigenvalue weighted by atomic mass is 9.73. The SMILES string of the molecule is C/C(=C\c1cnc(C)s1)[C@@H]1C[C@@H]2O[C@@H]2CCC[C@H](C)[C@H](O)[C@@H](C)C(=O)C(C)(C)[C@@H](O)CC(=O)O1. The van der Waals surface area contributed by atoms with E-state index in [1.165, 1.54) is 0 Å². The second-order valence-corrected chi connectivity index (χ2v) is 11.9. The van der Waals surface area contributed by atoms with Crippen LogP contribution in [0.2, 0.25) is 0 Å². The molecule has 190 valence electrons. The molecule has 0 aromatic carbocycles. The number of aromatic nitrogens is 1. The van der Waals surface area contributed by atoms with E-state index in [-0.39, 0.29) is 30.3 Å². The van der Waals surface area contributed by atoms with Gasteiger partial charge in [-0.15, -0.1) is 11.3 Å². The summed E-state index contributed by atoms with van der Waals surface area (Å²) in [5, 5.41) is 22.6. The molecule has 1 aromatic heterocycles. The molecular weight excluding hydrogens is 454 g/mol. The topological polar surface area (TPSA) is 109 Å². The van der Waals surface area contributed by atoms with Crippen molar-refractivity contribution in [3.05, 3.63) is 21.7 Å². The number of carbonyl (C=O) groups is 2. The van der Waals surface area contributed by atoms with Gasteiger partial charge in [0.2, 0.25) is 0 Å². The number of ketones is 1. The normalized spacial score (nSPS) is 36.0. The van der Waals surface area contributed by atoms with E-state index in [1.54, 1.807) is 38.3 Å². The van der Waals surface area contributed by atoms with Gasteiger partial charge >= 0.3 is 5.97 Å². The first-order chi connectivity index (χ1) is 15.9. The third-order valence-corrected chi connectivity index (χ3v) is 8.27. The second-order valence-electron chi connectivity index (χ2n) is 10.6. The fraction of sp³-hybridized carbons (Fsp3) is 0.731. The molecule has 0 spiro atoms. The molecule has 2 fully saturated rings. The third-order valence-electron chi connectivity index (χ3n) is 7.41. The van der Waals surface area contributed by atoms with Crippen LogP contribution in [-0.4, -0.2) is 57.5 Å². The zero-order chi connectivity index (χ0) is 25.2. The first kappa shape index (κ1) is 27.0. The molecule has 2 aliphatic rings. The summed E-state index contributed by atoms with van der Waals surface area (Å²) >= 11 is 1.57. The zero-order valence-electron chi connectivity index (χ0n) is 21.1. The molecule has 7 atom stereocenters. The molecule has 0 bridgehead atoms. The molecule has 0 aliphatic carbocycles. The summed E-state index contributed by atoms with van der Waals surface area (Å²) in [4.78, 5) is 31.3. The lowest BCUT2D eigenvalue weighted by Crippen LogP contribution is -2.45. The highest BCUT2D eigenvalue weighted by Crippen LogP contribution is 2.36. The zero-order valence-corrected chi connectivity index (χ0v) is 21.9. The lowest BCUT2D eigenvalue weighted by Gasteiger charge is -2.34. The van der Waals surface area contributed by atoms with Crippen LogP contribution in [0.1, 0.15) is 76.6 Å². The van der Waals surface area contributed by atoms with Gasteiger partial charge in [0.1, 0.15) is 11.9 Å². The number of nitrogens with zero attached hydrogens (tertiary/aromatic N) is 1. The number of thiazole rings is 1. The fourth-order valence-electron chi connectivity index (χ4n) is 4.77. The average molecular weight is 494 g/mol. The first-order valence-electron chi connectivity index (χ1n) is 12.3. The molecule has 3 heterocycles. The molecule has 2 aliphatic heterocycles. The largest absolute Gasteiger partial charge is 0.458 e. The number of carbonyl (C=O) groups excluding carboxylic acids is 2. The van der Waals surface area contributed by atoms with Crippen LogP contribution in [-0.2, 0) is 19.1 Å². The minimum absolute atomic E-state index is 0.0133. The van der Waals surface area contributed by atoms with E-state index < -0.39 is 35.6 Å². The van der Waals surface area contributed by atoms with E-state index in [0.717, 1.165) is 34.7 Å². The number of Topliss-reactive ketones (excluding diaryl/α,β-unsaturated/α-hetero) is 1. The summed E-state index contributed by atoms with van der Waals surface area (Å²) in [6.07, 6.45) is 4.18. The number of aliphatic hydroxyl groups is 2. The summed E-state index contributed by atoms with van der Waals surface area (Å²) in [7, 11) is 0. The standard InChI is InChI=1S/C26H39NO6S/c1-14-8-7-9-19-21(32-19)11-20(15(2)10-18-13-27-17(4)34-18)33-23(29)12-22(28)26(5,6)25(31)16(3)24(14)30/h10,13-14,16,19-22,24,28,30H,7-9,11-12H2,1-6H3/b15-10+/t14-,16+,19+,20-,21-,22-,24-/m0/s1. The maximum atomic E-state index is 13.2. The van der Waals surface area contributed by atoms with E-state index in [0.29, 0.717) is 6.42 Å². The Balaban J connectivity index is 1.81. The fourth-order valence-corrected chi connectivity index (χ4v) is 5.57. The van der Waals surface area contributed by atoms with E-state index >= 15 is 0 Å². The van der Waals surface area contributed by atoms with Gasteiger partial charge in [-0.3, -0.25) is 9.59 Å². The Bertz CT molecular complexity index is 909. The van der Waals surface area contributed by atoms with Crippen molar-refractivity contribution in [2.45, 2.75) is 104 Å². The molecule has 1 aromatic rings. The minimum atomic E-state index is -1.22. The number of aliphatic hydroxyl groups excluding tert-OH is 2. The molecule has 3 rings (SSSR count). The van der Waals surface area contributed by atoms with E-state index in [2.05, 4.69) is 4.98 Å². The van der Waals surface area contributed by atoms with Gasteiger partial charge in [-0.2, -0.15) is 0 Å². The average Bonchev–Trinajstić information content (AvgIpc) is 3.38. The number of rotatable bonds is 2. The summed E-state index contributed by atoms with van der Waals surface area (Å²) in [5.74, 6) is -1.51. The van der Waals surface area contributed by atoms with E-state index in [1.807, 2.05) is 26.8 Å². The van der Waals surface area contributed by atoms with Crippen LogP contribution >= 0.6 is 11.3 Å². The lowest BCUT2D eigenvalue weighted by molar-refractivity contribution is -0.154. The van der Waals surface area contributed by atoms with Gasteiger partial charge in [-0.1, -0.05) is 34.1 Å². The quantitative estimate of drug-likeness (QED) is 0.472. The number of hydrogen-bond donors (Lipinski definition) is 2. The van der Waals surface area contributed by atoms with Crippen molar-refractivity contribution in [3.8, 4) is 0 Å². The van der Waals surface area contributed by atoms with Crippen LogP contribution in [0.15, 0.2) is 11.8 Å². The number of ether oxygens (including phenoxy) is 2. The van der Waals surface area contributed by atoms with Crippen molar-refractivity contribution in [1.82, 2.24) is 4.98 Å². The summed E-state index contributed by atoms with van der Waals surface area (Å²) in [6.45, 7) is 10.8. The molecule has 0 saturated carbocycles. The van der Waals surface area contributed by atoms with Gasteiger partial charge in [0, 0.05) is 23.4 Å². The van der Waals surface area contributed by atoms with Gasteiger partial charge in [-0.05, 0) is 44.3 Å². The molecule has 0 amide bonds. The van der Waals surface area contributed by atoms with E-state index in [4.69, 9.17) is 9.47 Å². The van der Waals surface area contributed by atoms with Crippen LogP contribution in [0.3, 0.4) is 0 Å². The highest BCUT2D eigenvalue weighted by atomic mass is 32.1. The molecule has 7 nitrogen and oxygen atoms in total. The van der Waals surface area contributed by atoms with E-state index in [9.17, 15) is 19.8 Å². The predicted octanol–water partition coefficient (Wildman–Crippen LogP) is 4.09. The summed E-state index contributed by atoms with van der Waals surface area (Å²) in [5.41, 5.74) is -0.302. The Morgan fingerprint density at radius 1 is 1.21 bits per heavy atom. The molecule has 0 radical (unpaired) electrons. The maximum absolute atomic E-state index is 13.2. The number of cyclic esters (lactones) is 1. The van der Waals surface area contributed by atoms with Crippen LogP contribution in [0.4, 0.5) is 0 Å². The smallest absolute Gasteiger partial charge is 0.309 e. The molecule has 2 saturated heterocycles. The number of aryl methyl sites for hydroxylation is 1. The molecule has 2 N–H and O–H groups in total. The van der Waals surface area contributed by atoms with Crippen LogP contribution in [0.25, 0.3) is 6.08 Å². The van der Waals surface area contributed by atoms with Gasteiger partial charge < -0.3 is 19.7 Å². The number of esters is 1. The Kier molecular flexibility index (Phi) is 8.71. The summed E-state index contributed by atoms with van der Waals surface area (Å²) < 4.78 is 11.7. The van der Waals surface area contributed by atoms with Crippen LogP contribution < -0.4 is 0 Å². The van der Waals surface area contributed by atoms with Gasteiger partial charge in [0.05, 0.1) is 41.3 Å². The highest BCUT2D eigenvalue weighted by molar-refractivity contribution is 7.12. The van der Waals surface area contributed by atoms with Crippen molar-refractivity contribution in [2.24, 2.45) is 17.3 Å². The third kappa shape index (κ3) is 6.53. The Labute approximate surface area is 206 Å². The predicted molar refractivity (Wildman–Crippen MR) is 131 cm³/mol. The molecule has 0 unspecified atom stereocenters. The number of epoxide rings is 1. The van der Waals surface area contributed by atoms with Crippen molar-refractivity contribution in [2.75, 3.05) is 0 Å². The van der Waals surface area contributed by atoms with Gasteiger partial charge in [0.25, 0.3) is 0 Å².